The maximum atomic E-state index is 12.2. The second kappa shape index (κ2) is 7.86. The average molecular weight is 314 g/mol. The van der Waals surface area contributed by atoms with Gasteiger partial charge in [-0.15, -0.1) is 0 Å². The van der Waals surface area contributed by atoms with E-state index in [2.05, 4.69) is 10.0 Å². The molecule has 1 heterocycles. The van der Waals surface area contributed by atoms with Crippen LogP contribution in [0.3, 0.4) is 0 Å². The van der Waals surface area contributed by atoms with Crippen molar-refractivity contribution in [3.63, 3.8) is 0 Å². The van der Waals surface area contributed by atoms with Gasteiger partial charge in [0.15, 0.2) is 0 Å². The lowest BCUT2D eigenvalue weighted by molar-refractivity contribution is -0.0846. The molecule has 1 aromatic rings. The maximum Gasteiger partial charge on any atom is 0.240 e. The molecule has 118 valence electrons. The monoisotopic (exact) mass is 314 g/mol. The Hall–Kier alpha value is -0.990. The Morgan fingerprint density at radius 3 is 2.62 bits per heavy atom. The first-order chi connectivity index (χ1) is 10.1. The van der Waals surface area contributed by atoms with Gasteiger partial charge in [-0.25, -0.2) is 13.1 Å². The SMILES string of the molecule is CCNCc1ccc(S(=O)(=O)NCC2COCCO2)cc1. The Morgan fingerprint density at radius 1 is 1.24 bits per heavy atom. The van der Waals surface area contributed by atoms with E-state index in [0.29, 0.717) is 19.8 Å². The Bertz CT molecular complexity index is 524. The molecule has 1 aliphatic rings. The van der Waals surface area contributed by atoms with Crippen LogP contribution in [0.25, 0.3) is 0 Å². The molecule has 1 unspecified atom stereocenters. The van der Waals surface area contributed by atoms with Crippen LogP contribution in [0.4, 0.5) is 0 Å². The summed E-state index contributed by atoms with van der Waals surface area (Å²) in [5.41, 5.74) is 1.06. The lowest BCUT2D eigenvalue weighted by atomic mass is 10.2. The van der Waals surface area contributed by atoms with Crippen LogP contribution >= 0.6 is 0 Å². The number of sulfonamides is 1. The zero-order valence-corrected chi connectivity index (χ0v) is 13.0. The maximum absolute atomic E-state index is 12.2. The van der Waals surface area contributed by atoms with Crippen molar-refractivity contribution in [3.8, 4) is 0 Å². The molecule has 2 N–H and O–H groups in total. The molecule has 0 aliphatic carbocycles. The van der Waals surface area contributed by atoms with Gasteiger partial charge in [-0.1, -0.05) is 19.1 Å². The molecule has 1 fully saturated rings. The van der Waals surface area contributed by atoms with Crippen LogP contribution in [-0.4, -0.2) is 47.4 Å². The highest BCUT2D eigenvalue weighted by atomic mass is 32.2. The van der Waals surface area contributed by atoms with Crippen LogP contribution in [0, 0.1) is 0 Å². The van der Waals surface area contributed by atoms with E-state index in [0.717, 1.165) is 18.7 Å². The van der Waals surface area contributed by atoms with Crippen LogP contribution in [0.1, 0.15) is 12.5 Å². The van der Waals surface area contributed by atoms with E-state index in [-0.39, 0.29) is 17.5 Å². The van der Waals surface area contributed by atoms with Gasteiger partial charge in [-0.05, 0) is 24.2 Å². The summed E-state index contributed by atoms with van der Waals surface area (Å²) in [4.78, 5) is 0.263. The molecule has 7 heteroatoms. The summed E-state index contributed by atoms with van der Waals surface area (Å²) in [5.74, 6) is 0. The van der Waals surface area contributed by atoms with Gasteiger partial charge >= 0.3 is 0 Å². The number of rotatable bonds is 7. The number of benzene rings is 1. The summed E-state index contributed by atoms with van der Waals surface area (Å²) in [6.45, 7) is 5.36. The highest BCUT2D eigenvalue weighted by Gasteiger charge is 2.19. The Labute approximate surface area is 125 Å². The van der Waals surface area contributed by atoms with Crippen molar-refractivity contribution in [2.45, 2.75) is 24.5 Å². The van der Waals surface area contributed by atoms with E-state index in [1.807, 2.05) is 19.1 Å². The first-order valence-electron chi connectivity index (χ1n) is 7.10. The molecule has 0 radical (unpaired) electrons. The molecule has 0 spiro atoms. The second-order valence-corrected chi connectivity index (χ2v) is 6.61. The van der Waals surface area contributed by atoms with Crippen LogP contribution in [-0.2, 0) is 26.0 Å². The van der Waals surface area contributed by atoms with E-state index in [1.54, 1.807) is 12.1 Å². The summed E-state index contributed by atoms with van der Waals surface area (Å²) in [5, 5.41) is 3.20. The summed E-state index contributed by atoms with van der Waals surface area (Å²) in [7, 11) is -3.50. The van der Waals surface area contributed by atoms with E-state index >= 15 is 0 Å². The van der Waals surface area contributed by atoms with E-state index in [1.165, 1.54) is 0 Å². The Morgan fingerprint density at radius 2 is 2.00 bits per heavy atom. The van der Waals surface area contributed by atoms with Crippen molar-refractivity contribution in [3.05, 3.63) is 29.8 Å². The molecule has 1 atom stereocenters. The Balaban J connectivity index is 1.91. The van der Waals surface area contributed by atoms with Crippen LogP contribution in [0.15, 0.2) is 29.2 Å². The van der Waals surface area contributed by atoms with Crippen molar-refractivity contribution in [1.29, 1.82) is 0 Å². The van der Waals surface area contributed by atoms with Gasteiger partial charge in [0, 0.05) is 13.1 Å². The zero-order chi connectivity index (χ0) is 15.1. The molecular weight excluding hydrogens is 292 g/mol. The van der Waals surface area contributed by atoms with Crippen molar-refractivity contribution in [2.24, 2.45) is 0 Å². The molecule has 1 aromatic carbocycles. The van der Waals surface area contributed by atoms with Gasteiger partial charge < -0.3 is 14.8 Å². The van der Waals surface area contributed by atoms with Crippen molar-refractivity contribution >= 4 is 10.0 Å². The number of nitrogens with one attached hydrogen (secondary N) is 2. The van der Waals surface area contributed by atoms with Gasteiger partial charge in [0.25, 0.3) is 0 Å². The molecule has 6 nitrogen and oxygen atoms in total. The zero-order valence-electron chi connectivity index (χ0n) is 12.2. The molecule has 1 aliphatic heterocycles. The third-order valence-corrected chi connectivity index (χ3v) is 4.64. The first-order valence-corrected chi connectivity index (χ1v) is 8.59. The summed E-state index contributed by atoms with van der Waals surface area (Å²) >= 11 is 0. The highest BCUT2D eigenvalue weighted by Crippen LogP contribution is 2.11. The fraction of sp³-hybridized carbons (Fsp3) is 0.571. The minimum atomic E-state index is -3.50. The molecule has 0 saturated carbocycles. The molecule has 2 rings (SSSR count). The highest BCUT2D eigenvalue weighted by molar-refractivity contribution is 7.89. The average Bonchev–Trinajstić information content (AvgIpc) is 2.52. The molecule has 0 amide bonds. The van der Waals surface area contributed by atoms with E-state index in [9.17, 15) is 8.42 Å². The molecular formula is C14H22N2O4S. The minimum absolute atomic E-state index is 0.221. The minimum Gasteiger partial charge on any atom is -0.376 e. The lowest BCUT2D eigenvalue weighted by Gasteiger charge is -2.23. The quantitative estimate of drug-likeness (QED) is 0.766. The number of ether oxygens (including phenoxy) is 2. The smallest absolute Gasteiger partial charge is 0.240 e. The summed E-state index contributed by atoms with van der Waals surface area (Å²) in [6, 6.07) is 6.87. The first kappa shape index (κ1) is 16.4. The van der Waals surface area contributed by atoms with Crippen molar-refractivity contribution in [1.82, 2.24) is 10.0 Å². The molecule has 1 saturated heterocycles. The second-order valence-electron chi connectivity index (χ2n) is 4.84. The standard InChI is InChI=1S/C14H22N2O4S/c1-2-15-9-12-3-5-14(6-4-12)21(17,18)16-10-13-11-19-7-8-20-13/h3-6,13,15-16H,2,7-11H2,1H3. The van der Waals surface area contributed by atoms with Crippen LogP contribution in [0.2, 0.25) is 0 Å². The topological polar surface area (TPSA) is 76.7 Å². The predicted octanol–water partition coefficient (Wildman–Crippen LogP) is 0.490. The lowest BCUT2D eigenvalue weighted by Crippen LogP contribution is -2.39. The third kappa shape index (κ3) is 5.05. The van der Waals surface area contributed by atoms with Gasteiger partial charge in [0.2, 0.25) is 10.0 Å². The number of hydrogen-bond acceptors (Lipinski definition) is 5. The van der Waals surface area contributed by atoms with E-state index in [4.69, 9.17) is 9.47 Å². The van der Waals surface area contributed by atoms with Gasteiger partial charge in [0.05, 0.1) is 30.8 Å². The van der Waals surface area contributed by atoms with Crippen LogP contribution in [0.5, 0.6) is 0 Å². The van der Waals surface area contributed by atoms with Gasteiger partial charge in [-0.2, -0.15) is 0 Å². The fourth-order valence-electron chi connectivity index (χ4n) is 2.00. The van der Waals surface area contributed by atoms with Crippen LogP contribution < -0.4 is 10.0 Å². The van der Waals surface area contributed by atoms with Gasteiger partial charge in [-0.3, -0.25) is 0 Å². The fourth-order valence-corrected chi connectivity index (χ4v) is 3.06. The third-order valence-electron chi connectivity index (χ3n) is 3.20. The molecule has 0 aromatic heterocycles. The van der Waals surface area contributed by atoms with Crippen molar-refractivity contribution < 1.29 is 17.9 Å². The summed E-state index contributed by atoms with van der Waals surface area (Å²) < 4.78 is 37.6. The largest absolute Gasteiger partial charge is 0.376 e. The Kier molecular flexibility index (Phi) is 6.13. The van der Waals surface area contributed by atoms with E-state index < -0.39 is 10.0 Å². The van der Waals surface area contributed by atoms with Crippen molar-refractivity contribution in [2.75, 3.05) is 32.9 Å². The summed E-state index contributed by atoms with van der Waals surface area (Å²) in [6.07, 6.45) is -0.221. The van der Waals surface area contributed by atoms with Gasteiger partial charge in [0.1, 0.15) is 0 Å². The normalized spacial score (nSPS) is 19.6. The number of hydrogen-bond donors (Lipinski definition) is 2. The predicted molar refractivity (Wildman–Crippen MR) is 79.6 cm³/mol. The molecule has 0 bridgehead atoms. The molecule has 21 heavy (non-hydrogen) atoms.